The molecule has 0 unspecified atom stereocenters. The van der Waals surface area contributed by atoms with E-state index in [2.05, 4.69) is 25.2 Å². The molecule has 0 spiro atoms. The van der Waals surface area contributed by atoms with Crippen LogP contribution in [0.2, 0.25) is 0 Å². The molecule has 1 amide bonds. The first-order valence-corrected chi connectivity index (χ1v) is 5.27. The second-order valence-electron chi connectivity index (χ2n) is 4.11. The maximum atomic E-state index is 11.6. The van der Waals surface area contributed by atoms with Gasteiger partial charge in [-0.25, -0.2) is 0 Å². The van der Waals surface area contributed by atoms with Crippen LogP contribution in [-0.4, -0.2) is 12.5 Å². The summed E-state index contributed by atoms with van der Waals surface area (Å²) >= 11 is 0. The van der Waals surface area contributed by atoms with Crippen LogP contribution in [0, 0.1) is 0 Å². The highest BCUT2D eigenvalue weighted by Crippen LogP contribution is 2.21. The Morgan fingerprint density at radius 2 is 2.13 bits per heavy atom. The van der Waals surface area contributed by atoms with E-state index in [-0.39, 0.29) is 5.91 Å². The monoisotopic (exact) mass is 201 g/mol. The number of carbonyl (C=O) groups is 1. The average Bonchev–Trinajstić information content (AvgIpc) is 2.40. The molecule has 1 aliphatic rings. The third-order valence-corrected chi connectivity index (χ3v) is 2.66. The number of fused-ring (bicyclic) bond motifs is 1. The van der Waals surface area contributed by atoms with Crippen molar-refractivity contribution in [1.29, 1.82) is 0 Å². The molecule has 1 heterocycles. The van der Waals surface area contributed by atoms with E-state index in [4.69, 9.17) is 0 Å². The molecule has 0 bridgehead atoms. The molecule has 15 heavy (non-hydrogen) atoms. The Hall–Kier alpha value is -1.57. The molecule has 0 aromatic heterocycles. The van der Waals surface area contributed by atoms with Gasteiger partial charge in [0.15, 0.2) is 0 Å². The first-order chi connectivity index (χ1) is 7.18. The van der Waals surface area contributed by atoms with Gasteiger partial charge in [-0.2, -0.15) is 0 Å². The maximum Gasteiger partial charge on any atom is 0.252 e. The van der Waals surface area contributed by atoms with E-state index in [0.717, 1.165) is 11.1 Å². The molecule has 0 saturated carbocycles. The van der Waals surface area contributed by atoms with Crippen molar-refractivity contribution in [2.45, 2.75) is 19.8 Å². The zero-order valence-electron chi connectivity index (χ0n) is 9.08. The number of hydrogen-bond donors (Lipinski definition) is 1. The fourth-order valence-electron chi connectivity index (χ4n) is 1.72. The molecule has 1 aromatic rings. The van der Waals surface area contributed by atoms with Crippen molar-refractivity contribution < 1.29 is 4.79 Å². The molecule has 0 aliphatic carbocycles. The summed E-state index contributed by atoms with van der Waals surface area (Å²) in [6.45, 7) is 4.93. The molecular formula is C13H15NO. The standard InChI is InChI=1S/C13H15NO/c1-9(2)10-5-6-12-11(8-10)4-3-7-14-13(12)15/h3-6,8-9H,7H2,1-2H3,(H,14,15). The van der Waals surface area contributed by atoms with E-state index in [9.17, 15) is 4.79 Å². The molecule has 2 heteroatoms. The minimum atomic E-state index is 0.0188. The van der Waals surface area contributed by atoms with Crippen LogP contribution in [0.4, 0.5) is 0 Å². The summed E-state index contributed by atoms with van der Waals surface area (Å²) < 4.78 is 0. The first-order valence-electron chi connectivity index (χ1n) is 5.27. The van der Waals surface area contributed by atoms with Gasteiger partial charge in [0.25, 0.3) is 5.91 Å². The number of carbonyl (C=O) groups excluding carboxylic acids is 1. The Kier molecular flexibility index (Phi) is 2.58. The van der Waals surface area contributed by atoms with Crippen LogP contribution in [0.1, 0.15) is 41.3 Å². The third kappa shape index (κ3) is 1.94. The molecule has 0 radical (unpaired) electrons. The molecule has 1 N–H and O–H groups in total. The number of benzene rings is 1. The van der Waals surface area contributed by atoms with Crippen molar-refractivity contribution in [3.63, 3.8) is 0 Å². The molecule has 1 aromatic carbocycles. The number of rotatable bonds is 1. The largest absolute Gasteiger partial charge is 0.349 e. The summed E-state index contributed by atoms with van der Waals surface area (Å²) in [6.07, 6.45) is 3.99. The van der Waals surface area contributed by atoms with Crippen LogP contribution in [0.3, 0.4) is 0 Å². The van der Waals surface area contributed by atoms with Gasteiger partial charge in [-0.15, -0.1) is 0 Å². The fourth-order valence-corrected chi connectivity index (χ4v) is 1.72. The lowest BCUT2D eigenvalue weighted by Gasteiger charge is -2.09. The molecule has 78 valence electrons. The van der Waals surface area contributed by atoms with E-state index in [1.54, 1.807) is 0 Å². The Balaban J connectivity index is 2.50. The molecule has 0 saturated heterocycles. The Labute approximate surface area is 90.0 Å². The predicted octanol–water partition coefficient (Wildman–Crippen LogP) is 2.57. The van der Waals surface area contributed by atoms with Crippen molar-refractivity contribution in [2.24, 2.45) is 0 Å². The van der Waals surface area contributed by atoms with Crippen LogP contribution in [0.5, 0.6) is 0 Å². The van der Waals surface area contributed by atoms with Crippen molar-refractivity contribution in [3.8, 4) is 0 Å². The lowest BCUT2D eigenvalue weighted by molar-refractivity contribution is 0.0958. The van der Waals surface area contributed by atoms with Crippen molar-refractivity contribution in [2.75, 3.05) is 6.54 Å². The fraction of sp³-hybridized carbons (Fsp3) is 0.308. The zero-order chi connectivity index (χ0) is 10.8. The van der Waals surface area contributed by atoms with Gasteiger partial charge in [0, 0.05) is 12.1 Å². The summed E-state index contributed by atoms with van der Waals surface area (Å²) in [5, 5.41) is 2.82. The van der Waals surface area contributed by atoms with Gasteiger partial charge in [0.1, 0.15) is 0 Å². The van der Waals surface area contributed by atoms with Gasteiger partial charge in [-0.3, -0.25) is 4.79 Å². The number of nitrogens with one attached hydrogen (secondary N) is 1. The van der Waals surface area contributed by atoms with E-state index >= 15 is 0 Å². The topological polar surface area (TPSA) is 29.1 Å². The van der Waals surface area contributed by atoms with E-state index in [0.29, 0.717) is 12.5 Å². The summed E-state index contributed by atoms with van der Waals surface area (Å²) in [5.41, 5.74) is 3.07. The van der Waals surface area contributed by atoms with Crippen LogP contribution >= 0.6 is 0 Å². The lowest BCUT2D eigenvalue weighted by atomic mass is 9.97. The van der Waals surface area contributed by atoms with Gasteiger partial charge in [-0.05, 0) is 23.1 Å². The smallest absolute Gasteiger partial charge is 0.252 e. The van der Waals surface area contributed by atoms with E-state index in [1.165, 1.54) is 5.56 Å². The summed E-state index contributed by atoms with van der Waals surface area (Å²) in [5.74, 6) is 0.514. The van der Waals surface area contributed by atoms with Crippen LogP contribution in [0.15, 0.2) is 24.3 Å². The lowest BCUT2D eigenvalue weighted by Crippen LogP contribution is -2.22. The normalized spacial score (nSPS) is 14.7. The molecule has 0 atom stereocenters. The quantitative estimate of drug-likeness (QED) is 0.743. The summed E-state index contributed by atoms with van der Waals surface area (Å²) in [4.78, 5) is 11.6. The minimum absolute atomic E-state index is 0.0188. The van der Waals surface area contributed by atoms with Gasteiger partial charge in [-0.1, -0.05) is 38.1 Å². The summed E-state index contributed by atoms with van der Waals surface area (Å²) in [7, 11) is 0. The molecule has 2 rings (SSSR count). The minimum Gasteiger partial charge on any atom is -0.349 e. The maximum absolute atomic E-state index is 11.6. The highest BCUT2D eigenvalue weighted by molar-refractivity contribution is 5.98. The van der Waals surface area contributed by atoms with Crippen LogP contribution in [-0.2, 0) is 0 Å². The number of hydrogen-bond acceptors (Lipinski definition) is 1. The summed E-state index contributed by atoms with van der Waals surface area (Å²) in [6, 6.07) is 6.04. The highest BCUT2D eigenvalue weighted by Gasteiger charge is 2.12. The Morgan fingerprint density at radius 3 is 2.87 bits per heavy atom. The van der Waals surface area contributed by atoms with Gasteiger partial charge in [0.2, 0.25) is 0 Å². The van der Waals surface area contributed by atoms with Crippen molar-refractivity contribution in [1.82, 2.24) is 5.32 Å². The van der Waals surface area contributed by atoms with Gasteiger partial charge in [0.05, 0.1) is 0 Å². The van der Waals surface area contributed by atoms with Crippen molar-refractivity contribution >= 4 is 12.0 Å². The van der Waals surface area contributed by atoms with Gasteiger partial charge >= 0.3 is 0 Å². The van der Waals surface area contributed by atoms with E-state index < -0.39 is 0 Å². The molecular weight excluding hydrogens is 186 g/mol. The second kappa shape index (κ2) is 3.89. The van der Waals surface area contributed by atoms with Crippen LogP contribution < -0.4 is 5.32 Å². The molecule has 0 fully saturated rings. The second-order valence-corrected chi connectivity index (χ2v) is 4.11. The molecule has 2 nitrogen and oxygen atoms in total. The third-order valence-electron chi connectivity index (χ3n) is 2.66. The van der Waals surface area contributed by atoms with E-state index in [1.807, 2.05) is 24.3 Å². The SMILES string of the molecule is CC(C)c1ccc2c(c1)C=CCNC2=O. The zero-order valence-corrected chi connectivity index (χ0v) is 9.08. The molecule has 1 aliphatic heterocycles. The van der Waals surface area contributed by atoms with Crippen LogP contribution in [0.25, 0.3) is 6.08 Å². The predicted molar refractivity (Wildman–Crippen MR) is 61.9 cm³/mol. The van der Waals surface area contributed by atoms with Gasteiger partial charge < -0.3 is 5.32 Å². The number of amides is 1. The Bertz CT molecular complexity index is 419. The first kappa shape index (κ1) is 9.97. The Morgan fingerprint density at radius 1 is 1.33 bits per heavy atom. The average molecular weight is 201 g/mol. The highest BCUT2D eigenvalue weighted by atomic mass is 16.1. The van der Waals surface area contributed by atoms with Crippen molar-refractivity contribution in [3.05, 3.63) is 41.0 Å².